The summed E-state index contributed by atoms with van der Waals surface area (Å²) in [4.78, 5) is 15.5. The summed E-state index contributed by atoms with van der Waals surface area (Å²) in [5, 5.41) is 0. The second-order valence-electron chi connectivity index (χ2n) is 6.22. The molecule has 0 amide bonds. The van der Waals surface area contributed by atoms with Gasteiger partial charge in [-0.2, -0.15) is 0 Å². The molecule has 0 aromatic carbocycles. The van der Waals surface area contributed by atoms with Gasteiger partial charge in [0.2, 0.25) is 0 Å². The second kappa shape index (κ2) is 7.42. The summed E-state index contributed by atoms with van der Waals surface area (Å²) in [5.41, 5.74) is -0.251. The van der Waals surface area contributed by atoms with Crippen LogP contribution in [-0.4, -0.2) is 29.3 Å². The van der Waals surface area contributed by atoms with Crippen LogP contribution in [-0.2, 0) is 4.79 Å². The minimum absolute atomic E-state index is 0.251. The third kappa shape index (κ3) is 3.39. The highest BCUT2D eigenvalue weighted by molar-refractivity contribution is 5.90. The van der Waals surface area contributed by atoms with Gasteiger partial charge in [0.1, 0.15) is 0 Å². The summed E-state index contributed by atoms with van der Waals surface area (Å²) < 4.78 is 0. The Morgan fingerprint density at radius 2 is 1.68 bits per heavy atom. The van der Waals surface area contributed by atoms with E-state index < -0.39 is 0 Å². The van der Waals surface area contributed by atoms with Crippen molar-refractivity contribution < 1.29 is 4.79 Å². The number of nitrogens with zero attached hydrogens (tertiary/aromatic N) is 1. The highest BCUT2D eigenvalue weighted by Crippen LogP contribution is 2.37. The van der Waals surface area contributed by atoms with E-state index in [-0.39, 0.29) is 5.54 Å². The average molecular weight is 267 g/mol. The molecule has 1 rings (SSSR count). The molecule has 1 fully saturated rings. The largest absolute Gasteiger partial charge is 0.297 e. The van der Waals surface area contributed by atoms with Crippen LogP contribution in [0.4, 0.5) is 0 Å². The Hall–Kier alpha value is -0.370. The first-order chi connectivity index (χ1) is 9.04. The van der Waals surface area contributed by atoms with Crippen LogP contribution in [0.2, 0.25) is 0 Å². The molecule has 19 heavy (non-hydrogen) atoms. The second-order valence-corrected chi connectivity index (χ2v) is 6.22. The summed E-state index contributed by atoms with van der Waals surface area (Å²) in [5.74, 6) is 1.46. The van der Waals surface area contributed by atoms with Crippen molar-refractivity contribution in [1.82, 2.24) is 4.90 Å². The van der Waals surface area contributed by atoms with Crippen molar-refractivity contribution in [3.05, 3.63) is 0 Å². The predicted octanol–water partition coefficient (Wildman–Crippen LogP) is 4.28. The van der Waals surface area contributed by atoms with Crippen molar-refractivity contribution in [1.29, 1.82) is 0 Å². The summed E-state index contributed by atoms with van der Waals surface area (Å²) in [7, 11) is 0. The van der Waals surface area contributed by atoms with E-state index in [9.17, 15) is 4.79 Å². The zero-order valence-electron chi connectivity index (χ0n) is 13.7. The molecule has 0 aliphatic heterocycles. The maximum atomic E-state index is 13.1. The lowest BCUT2D eigenvalue weighted by Gasteiger charge is -2.43. The van der Waals surface area contributed by atoms with Crippen molar-refractivity contribution in [2.45, 2.75) is 78.7 Å². The van der Waals surface area contributed by atoms with E-state index in [2.05, 4.69) is 39.5 Å². The van der Waals surface area contributed by atoms with E-state index in [1.54, 1.807) is 0 Å². The first-order valence-corrected chi connectivity index (χ1v) is 8.34. The number of hydrogen-bond donors (Lipinski definition) is 0. The molecule has 0 aromatic heterocycles. The Kier molecular flexibility index (Phi) is 6.52. The lowest BCUT2D eigenvalue weighted by molar-refractivity contribution is -0.137. The van der Waals surface area contributed by atoms with Gasteiger partial charge >= 0.3 is 0 Å². The van der Waals surface area contributed by atoms with Gasteiger partial charge in [0.05, 0.1) is 5.54 Å². The summed E-state index contributed by atoms with van der Waals surface area (Å²) >= 11 is 0. The van der Waals surface area contributed by atoms with Crippen LogP contribution in [0.3, 0.4) is 0 Å². The van der Waals surface area contributed by atoms with Crippen LogP contribution in [0.15, 0.2) is 0 Å². The van der Waals surface area contributed by atoms with Gasteiger partial charge in [0.15, 0.2) is 5.78 Å². The van der Waals surface area contributed by atoms with Gasteiger partial charge in [0, 0.05) is 5.92 Å². The van der Waals surface area contributed by atoms with E-state index >= 15 is 0 Å². The third-order valence-corrected chi connectivity index (χ3v) is 5.45. The first-order valence-electron chi connectivity index (χ1n) is 8.34. The highest BCUT2D eigenvalue weighted by atomic mass is 16.1. The summed E-state index contributed by atoms with van der Waals surface area (Å²) in [6.07, 6.45) is 7.02. The molecule has 0 N–H and O–H groups in total. The molecule has 0 saturated heterocycles. The topological polar surface area (TPSA) is 20.3 Å². The number of Topliss-reactive ketones (excluding diaryl/α,β-unsaturated/α-hetero) is 1. The Morgan fingerprint density at radius 3 is 2.16 bits per heavy atom. The molecule has 0 bridgehead atoms. The smallest absolute Gasteiger partial charge is 0.156 e. The maximum absolute atomic E-state index is 13.1. The molecule has 3 unspecified atom stereocenters. The Bertz CT molecular complexity index is 285. The van der Waals surface area contributed by atoms with Gasteiger partial charge in [-0.3, -0.25) is 9.69 Å². The molecule has 0 aromatic rings. The Morgan fingerprint density at radius 1 is 1.11 bits per heavy atom. The van der Waals surface area contributed by atoms with E-state index in [0.717, 1.165) is 32.4 Å². The normalized spacial score (nSPS) is 27.3. The van der Waals surface area contributed by atoms with E-state index in [1.165, 1.54) is 19.3 Å². The Labute approximate surface area is 119 Å². The van der Waals surface area contributed by atoms with Gasteiger partial charge in [-0.05, 0) is 45.2 Å². The van der Waals surface area contributed by atoms with Crippen molar-refractivity contribution in [3.63, 3.8) is 0 Å². The summed E-state index contributed by atoms with van der Waals surface area (Å²) in [6, 6.07) is 0. The van der Waals surface area contributed by atoms with E-state index in [4.69, 9.17) is 0 Å². The average Bonchev–Trinajstić information content (AvgIpc) is 2.47. The van der Waals surface area contributed by atoms with Gasteiger partial charge in [0.25, 0.3) is 0 Å². The van der Waals surface area contributed by atoms with Gasteiger partial charge in [-0.15, -0.1) is 0 Å². The quantitative estimate of drug-likeness (QED) is 0.686. The van der Waals surface area contributed by atoms with Crippen LogP contribution < -0.4 is 0 Å². The molecule has 2 heteroatoms. The molecule has 2 nitrogen and oxygen atoms in total. The predicted molar refractivity (Wildman–Crippen MR) is 82.4 cm³/mol. The van der Waals surface area contributed by atoms with Crippen LogP contribution in [0.1, 0.15) is 73.1 Å². The number of carbonyl (C=O) groups is 1. The molecule has 0 spiro atoms. The third-order valence-electron chi connectivity index (χ3n) is 5.45. The van der Waals surface area contributed by atoms with E-state index in [0.29, 0.717) is 17.6 Å². The molecule has 3 atom stereocenters. The van der Waals surface area contributed by atoms with Crippen LogP contribution >= 0.6 is 0 Å². The lowest BCUT2D eigenvalue weighted by Crippen LogP contribution is -2.55. The van der Waals surface area contributed by atoms with Crippen molar-refractivity contribution in [2.24, 2.45) is 11.8 Å². The fourth-order valence-electron chi connectivity index (χ4n) is 3.92. The highest BCUT2D eigenvalue weighted by Gasteiger charge is 2.42. The van der Waals surface area contributed by atoms with Crippen molar-refractivity contribution >= 4 is 5.78 Å². The maximum Gasteiger partial charge on any atom is 0.156 e. The lowest BCUT2D eigenvalue weighted by atomic mass is 9.70. The fraction of sp³-hybridized carbons (Fsp3) is 0.941. The molecule has 112 valence electrons. The minimum atomic E-state index is -0.251. The summed E-state index contributed by atoms with van der Waals surface area (Å²) in [6.45, 7) is 12.9. The molecule has 0 heterocycles. The van der Waals surface area contributed by atoms with Crippen LogP contribution in [0, 0.1) is 11.8 Å². The number of ketones is 1. The molecule has 1 aliphatic rings. The minimum Gasteiger partial charge on any atom is -0.297 e. The molecule has 1 saturated carbocycles. The zero-order chi connectivity index (χ0) is 14.5. The SMILES string of the molecule is CCC1CCCCC1C(=O)C(C)(CC)N(CC)CC. The van der Waals surface area contributed by atoms with Crippen LogP contribution in [0.5, 0.6) is 0 Å². The zero-order valence-corrected chi connectivity index (χ0v) is 13.7. The van der Waals surface area contributed by atoms with Gasteiger partial charge < -0.3 is 0 Å². The van der Waals surface area contributed by atoms with Gasteiger partial charge in [-0.25, -0.2) is 0 Å². The number of rotatable bonds is 7. The first kappa shape index (κ1) is 16.7. The van der Waals surface area contributed by atoms with Crippen molar-refractivity contribution in [2.75, 3.05) is 13.1 Å². The van der Waals surface area contributed by atoms with E-state index in [1.807, 2.05) is 0 Å². The number of carbonyl (C=O) groups excluding carboxylic acids is 1. The molecule has 1 aliphatic carbocycles. The van der Waals surface area contributed by atoms with Crippen LogP contribution in [0.25, 0.3) is 0 Å². The fourth-order valence-corrected chi connectivity index (χ4v) is 3.92. The van der Waals surface area contributed by atoms with Crippen molar-refractivity contribution in [3.8, 4) is 0 Å². The molecular formula is C17H33NO. The molecular weight excluding hydrogens is 234 g/mol. The molecule has 0 radical (unpaired) electrons. The Balaban J connectivity index is 2.92. The number of hydrogen-bond acceptors (Lipinski definition) is 2. The van der Waals surface area contributed by atoms with Gasteiger partial charge in [-0.1, -0.05) is 47.0 Å². The number of likely N-dealkylation sites (N-methyl/N-ethyl adjacent to an activating group) is 1. The standard InChI is InChI=1S/C17H33NO/c1-6-14-12-10-11-13-15(14)16(19)17(5,7-2)18(8-3)9-4/h14-15H,6-13H2,1-5H3. The monoisotopic (exact) mass is 267 g/mol.